The first-order valence-corrected chi connectivity index (χ1v) is 9.74. The number of likely N-dealkylation sites (N-methyl/N-ethyl adjacent to an activating group) is 1. The predicted octanol–water partition coefficient (Wildman–Crippen LogP) is 3.99. The van der Waals surface area contributed by atoms with Gasteiger partial charge in [-0.1, -0.05) is 25.1 Å². The van der Waals surface area contributed by atoms with Crippen LogP contribution in [0.3, 0.4) is 0 Å². The van der Waals surface area contributed by atoms with Gasteiger partial charge in [-0.2, -0.15) is 0 Å². The fourth-order valence-electron chi connectivity index (χ4n) is 3.70. The van der Waals surface area contributed by atoms with E-state index in [0.717, 1.165) is 39.0 Å². The van der Waals surface area contributed by atoms with Crippen LogP contribution >= 0.6 is 0 Å². The zero-order valence-electron chi connectivity index (χ0n) is 16.2. The number of hydrogen-bond donors (Lipinski definition) is 1. The van der Waals surface area contributed by atoms with Crippen molar-refractivity contribution in [2.24, 2.45) is 0 Å². The molecular formula is C22H27FN2O3. The average Bonchev–Trinajstić information content (AvgIpc) is 2.68. The first-order valence-electron chi connectivity index (χ1n) is 9.74. The maximum Gasteiger partial charge on any atom is 0.317 e. The highest BCUT2D eigenvalue weighted by molar-refractivity contribution is 5.69. The highest BCUT2D eigenvalue weighted by Crippen LogP contribution is 2.23. The van der Waals surface area contributed by atoms with Gasteiger partial charge in [-0.05, 0) is 62.3 Å². The van der Waals surface area contributed by atoms with E-state index in [1.807, 2.05) is 31.2 Å². The van der Waals surface area contributed by atoms with Gasteiger partial charge in [0.15, 0.2) is 0 Å². The number of carboxylic acids is 1. The van der Waals surface area contributed by atoms with Crippen molar-refractivity contribution in [1.29, 1.82) is 0 Å². The largest absolute Gasteiger partial charge is 0.480 e. The molecule has 0 radical (unpaired) electrons. The summed E-state index contributed by atoms with van der Waals surface area (Å²) in [4.78, 5) is 15.4. The Kier molecular flexibility index (Phi) is 7.01. The van der Waals surface area contributed by atoms with E-state index < -0.39 is 5.97 Å². The lowest BCUT2D eigenvalue weighted by molar-refractivity contribution is -0.139. The van der Waals surface area contributed by atoms with Gasteiger partial charge < -0.3 is 9.84 Å². The molecule has 5 nitrogen and oxygen atoms in total. The molecule has 0 unspecified atom stereocenters. The molecule has 1 fully saturated rings. The van der Waals surface area contributed by atoms with Crippen LogP contribution < -0.4 is 4.74 Å². The summed E-state index contributed by atoms with van der Waals surface area (Å²) in [7, 11) is 0. The highest BCUT2D eigenvalue weighted by Gasteiger charge is 2.24. The number of aliphatic carboxylic acids is 1. The van der Waals surface area contributed by atoms with Crippen LogP contribution in [-0.2, 0) is 11.3 Å². The summed E-state index contributed by atoms with van der Waals surface area (Å²) < 4.78 is 18.9. The summed E-state index contributed by atoms with van der Waals surface area (Å²) in [6, 6.07) is 14.3. The van der Waals surface area contributed by atoms with E-state index in [2.05, 4.69) is 9.80 Å². The Morgan fingerprint density at radius 3 is 2.50 bits per heavy atom. The molecule has 0 amide bonds. The minimum atomic E-state index is -0.759. The van der Waals surface area contributed by atoms with Crippen LogP contribution in [0.25, 0.3) is 0 Å². The normalized spacial score (nSPS) is 15.7. The minimum Gasteiger partial charge on any atom is -0.480 e. The van der Waals surface area contributed by atoms with E-state index >= 15 is 0 Å². The molecule has 0 atom stereocenters. The fourth-order valence-corrected chi connectivity index (χ4v) is 3.70. The zero-order chi connectivity index (χ0) is 19.9. The lowest BCUT2D eigenvalue weighted by Gasteiger charge is -2.37. The first kappa shape index (κ1) is 20.3. The van der Waals surface area contributed by atoms with Crippen LogP contribution in [0.5, 0.6) is 11.5 Å². The van der Waals surface area contributed by atoms with Gasteiger partial charge in [-0.15, -0.1) is 0 Å². The second kappa shape index (κ2) is 9.66. The number of halogens is 1. The first-order chi connectivity index (χ1) is 13.5. The number of piperidine rings is 1. The Bertz CT molecular complexity index is 774. The second-order valence-corrected chi connectivity index (χ2v) is 7.17. The van der Waals surface area contributed by atoms with Crippen molar-refractivity contribution in [2.75, 3.05) is 26.2 Å². The number of hydrogen-bond acceptors (Lipinski definition) is 4. The Morgan fingerprint density at radius 1 is 1.18 bits per heavy atom. The van der Waals surface area contributed by atoms with Gasteiger partial charge in [-0.3, -0.25) is 14.6 Å². The third kappa shape index (κ3) is 5.78. The maximum absolute atomic E-state index is 13.2. The molecule has 3 rings (SSSR count). The van der Waals surface area contributed by atoms with Crippen molar-refractivity contribution >= 4 is 5.97 Å². The number of nitrogens with zero attached hydrogens (tertiary/aromatic N) is 2. The summed E-state index contributed by atoms with van der Waals surface area (Å²) in [5.74, 6) is 0.0873. The topological polar surface area (TPSA) is 53.0 Å². The molecule has 0 bridgehead atoms. The van der Waals surface area contributed by atoms with Crippen LogP contribution in [0.15, 0.2) is 48.5 Å². The number of carboxylic acid groups (broad SMARTS) is 1. The number of benzene rings is 2. The molecule has 1 aliphatic rings. The average molecular weight is 386 g/mol. The van der Waals surface area contributed by atoms with Crippen molar-refractivity contribution in [3.05, 3.63) is 59.9 Å². The second-order valence-electron chi connectivity index (χ2n) is 7.17. The van der Waals surface area contributed by atoms with Gasteiger partial charge in [0.25, 0.3) is 0 Å². The molecule has 0 spiro atoms. The number of carbonyl (C=O) groups is 1. The molecule has 2 aromatic rings. The Morgan fingerprint density at radius 2 is 1.89 bits per heavy atom. The Hall–Kier alpha value is -2.44. The molecule has 0 aliphatic carbocycles. The van der Waals surface area contributed by atoms with Crippen LogP contribution in [0.1, 0.15) is 25.3 Å². The number of rotatable bonds is 8. The summed E-state index contributed by atoms with van der Waals surface area (Å²) in [5, 5.41) is 9.04. The number of ether oxygens (including phenoxy) is 1. The van der Waals surface area contributed by atoms with Crippen LogP contribution in [0.2, 0.25) is 0 Å². The van der Waals surface area contributed by atoms with Crippen LogP contribution in [0.4, 0.5) is 4.39 Å². The molecule has 0 saturated carbocycles. The molecule has 6 heteroatoms. The fraction of sp³-hybridized carbons (Fsp3) is 0.409. The molecule has 1 saturated heterocycles. The molecular weight excluding hydrogens is 359 g/mol. The van der Waals surface area contributed by atoms with E-state index in [1.54, 1.807) is 12.1 Å². The van der Waals surface area contributed by atoms with Crippen LogP contribution in [0, 0.1) is 5.82 Å². The molecule has 1 aliphatic heterocycles. The van der Waals surface area contributed by atoms with Crippen molar-refractivity contribution in [1.82, 2.24) is 9.80 Å². The van der Waals surface area contributed by atoms with Gasteiger partial charge in [0.1, 0.15) is 17.3 Å². The van der Waals surface area contributed by atoms with E-state index in [9.17, 15) is 9.18 Å². The van der Waals surface area contributed by atoms with Gasteiger partial charge in [-0.25, -0.2) is 4.39 Å². The van der Waals surface area contributed by atoms with E-state index in [0.29, 0.717) is 17.5 Å². The smallest absolute Gasteiger partial charge is 0.317 e. The quantitative estimate of drug-likeness (QED) is 0.744. The molecule has 1 N–H and O–H groups in total. The summed E-state index contributed by atoms with van der Waals surface area (Å²) in [6.45, 7) is 5.68. The van der Waals surface area contributed by atoms with Crippen molar-refractivity contribution in [3.63, 3.8) is 0 Å². The molecule has 2 aromatic carbocycles. The van der Waals surface area contributed by atoms with Gasteiger partial charge in [0, 0.05) is 18.7 Å². The Labute approximate surface area is 165 Å². The summed E-state index contributed by atoms with van der Waals surface area (Å²) >= 11 is 0. The lowest BCUT2D eigenvalue weighted by atomic mass is 10.0. The number of likely N-dealkylation sites (tertiary alicyclic amines) is 1. The van der Waals surface area contributed by atoms with Gasteiger partial charge >= 0.3 is 5.97 Å². The SMILES string of the molecule is CCN(CC(=O)O)C1CCN(Cc2ccc(Oc3cccc(F)c3)cc2)CC1. The third-order valence-electron chi connectivity index (χ3n) is 5.18. The summed E-state index contributed by atoms with van der Waals surface area (Å²) in [6.07, 6.45) is 1.98. The van der Waals surface area contributed by atoms with Crippen molar-refractivity contribution in [2.45, 2.75) is 32.4 Å². The molecule has 0 aromatic heterocycles. The van der Waals surface area contributed by atoms with Crippen LogP contribution in [-0.4, -0.2) is 53.1 Å². The monoisotopic (exact) mass is 386 g/mol. The van der Waals surface area contributed by atoms with E-state index in [-0.39, 0.29) is 12.4 Å². The third-order valence-corrected chi connectivity index (χ3v) is 5.18. The van der Waals surface area contributed by atoms with E-state index in [1.165, 1.54) is 17.7 Å². The van der Waals surface area contributed by atoms with Gasteiger partial charge in [0.2, 0.25) is 0 Å². The lowest BCUT2D eigenvalue weighted by Crippen LogP contribution is -2.46. The standard InChI is InChI=1S/C22H27FN2O3/c1-2-25(16-22(26)27)19-10-12-24(13-11-19)15-17-6-8-20(9-7-17)28-21-5-3-4-18(23)14-21/h3-9,14,19H,2,10-13,15-16H2,1H3,(H,26,27). The molecule has 150 valence electrons. The van der Waals surface area contributed by atoms with Gasteiger partial charge in [0.05, 0.1) is 6.54 Å². The maximum atomic E-state index is 13.2. The highest BCUT2D eigenvalue weighted by atomic mass is 19.1. The van der Waals surface area contributed by atoms with Crippen molar-refractivity contribution < 1.29 is 19.0 Å². The Balaban J connectivity index is 1.49. The minimum absolute atomic E-state index is 0.119. The summed E-state index contributed by atoms with van der Waals surface area (Å²) in [5.41, 5.74) is 1.20. The zero-order valence-corrected chi connectivity index (χ0v) is 16.2. The van der Waals surface area contributed by atoms with Crippen molar-refractivity contribution in [3.8, 4) is 11.5 Å². The predicted molar refractivity (Wildman–Crippen MR) is 106 cm³/mol. The van der Waals surface area contributed by atoms with E-state index in [4.69, 9.17) is 9.84 Å². The molecule has 1 heterocycles. The molecule has 28 heavy (non-hydrogen) atoms.